The normalized spacial score (nSPS) is 11.9. The lowest BCUT2D eigenvalue weighted by atomic mass is 10.1. The molecule has 4 aromatic heterocycles. The summed E-state index contributed by atoms with van der Waals surface area (Å²) in [6.45, 7) is 0. The predicted octanol–water partition coefficient (Wildman–Crippen LogP) is 13.6. The van der Waals surface area contributed by atoms with E-state index in [-0.39, 0.29) is 0 Å². The zero-order valence-corrected chi connectivity index (χ0v) is 30.7. The van der Waals surface area contributed by atoms with Crippen molar-refractivity contribution in [1.29, 1.82) is 0 Å². The fourth-order valence-electron chi connectivity index (χ4n) is 8.81. The van der Waals surface area contributed by atoms with Gasteiger partial charge in [0.05, 0.1) is 27.8 Å². The molecule has 0 amide bonds. The Balaban J connectivity index is 1.21. The number of aromatic nitrogens is 4. The van der Waals surface area contributed by atoms with Gasteiger partial charge in [0.1, 0.15) is 17.0 Å². The molecule has 0 N–H and O–H groups in total. The molecule has 0 unspecified atom stereocenters. The molecule has 4 heterocycles. The van der Waals surface area contributed by atoms with E-state index in [0.29, 0.717) is 5.82 Å². The lowest BCUT2D eigenvalue weighted by molar-refractivity contribution is 0.670. The number of benzene rings is 8. The molecule has 266 valence electrons. The number of fused-ring (bicyclic) bond motifs is 10. The molecule has 12 rings (SSSR count). The highest BCUT2D eigenvalue weighted by molar-refractivity contribution is 6.24. The van der Waals surface area contributed by atoms with Crippen LogP contribution in [-0.4, -0.2) is 19.1 Å². The number of para-hydroxylation sites is 4. The summed E-state index contributed by atoms with van der Waals surface area (Å²) in [4.78, 5) is 10.7. The van der Waals surface area contributed by atoms with Crippen LogP contribution in [0.5, 0.6) is 0 Å². The minimum Gasteiger partial charge on any atom is -0.455 e. The van der Waals surface area contributed by atoms with Crippen LogP contribution in [0.2, 0.25) is 0 Å². The number of hydrogen-bond acceptors (Lipinski definition) is 3. The molecule has 5 nitrogen and oxygen atoms in total. The fourth-order valence-corrected chi connectivity index (χ4v) is 8.81. The highest BCUT2D eigenvalue weighted by atomic mass is 16.3. The van der Waals surface area contributed by atoms with Gasteiger partial charge in [-0.25, -0.2) is 9.97 Å². The van der Waals surface area contributed by atoms with Crippen LogP contribution in [-0.2, 0) is 0 Å². The number of rotatable bonds is 5. The van der Waals surface area contributed by atoms with Crippen molar-refractivity contribution < 1.29 is 4.42 Å². The summed E-state index contributed by atoms with van der Waals surface area (Å²) in [5, 5.41) is 6.83. The van der Waals surface area contributed by atoms with E-state index >= 15 is 0 Å². The molecule has 5 heteroatoms. The second kappa shape index (κ2) is 12.4. The van der Waals surface area contributed by atoms with E-state index in [1.165, 1.54) is 21.9 Å². The Hall–Kier alpha value is -7.76. The Kier molecular flexibility index (Phi) is 6.86. The van der Waals surface area contributed by atoms with E-state index in [2.05, 4.69) is 173 Å². The van der Waals surface area contributed by atoms with Gasteiger partial charge in [0.15, 0.2) is 5.82 Å². The Morgan fingerprint density at radius 1 is 0.386 bits per heavy atom. The predicted molar refractivity (Wildman–Crippen MR) is 234 cm³/mol. The van der Waals surface area contributed by atoms with E-state index in [9.17, 15) is 0 Å². The smallest absolute Gasteiger partial charge is 0.162 e. The maximum absolute atomic E-state index is 6.58. The average molecular weight is 729 g/mol. The van der Waals surface area contributed by atoms with Crippen LogP contribution < -0.4 is 0 Å². The Morgan fingerprint density at radius 2 is 0.965 bits per heavy atom. The minimum absolute atomic E-state index is 0.644. The first-order chi connectivity index (χ1) is 28.3. The van der Waals surface area contributed by atoms with Gasteiger partial charge in [-0.15, -0.1) is 0 Å². The quantitative estimate of drug-likeness (QED) is 0.177. The maximum atomic E-state index is 6.58. The highest BCUT2D eigenvalue weighted by Gasteiger charge is 2.23. The van der Waals surface area contributed by atoms with E-state index < -0.39 is 0 Å². The van der Waals surface area contributed by atoms with Crippen LogP contribution in [0.4, 0.5) is 0 Å². The number of nitrogens with zero attached hydrogens (tertiary/aromatic N) is 4. The number of hydrogen-bond donors (Lipinski definition) is 0. The summed E-state index contributed by atoms with van der Waals surface area (Å²) >= 11 is 0. The van der Waals surface area contributed by atoms with E-state index in [1.807, 2.05) is 30.3 Å². The third-order valence-electron chi connectivity index (χ3n) is 11.3. The van der Waals surface area contributed by atoms with Gasteiger partial charge in [-0.2, -0.15) is 0 Å². The monoisotopic (exact) mass is 728 g/mol. The molecule has 57 heavy (non-hydrogen) atoms. The molecular weight excluding hydrogens is 697 g/mol. The van der Waals surface area contributed by atoms with E-state index in [1.54, 1.807) is 0 Å². The van der Waals surface area contributed by atoms with Crippen molar-refractivity contribution in [2.24, 2.45) is 0 Å². The second-order valence-corrected chi connectivity index (χ2v) is 14.6. The summed E-state index contributed by atoms with van der Waals surface area (Å²) < 4.78 is 11.4. The van der Waals surface area contributed by atoms with Gasteiger partial charge in [0.2, 0.25) is 0 Å². The fraction of sp³-hybridized carbons (Fsp3) is 0. The molecule has 0 spiro atoms. The van der Waals surface area contributed by atoms with Crippen molar-refractivity contribution in [2.75, 3.05) is 0 Å². The Labute approximate surface area is 327 Å². The summed E-state index contributed by atoms with van der Waals surface area (Å²) in [6, 6.07) is 68.3. The van der Waals surface area contributed by atoms with Gasteiger partial charge in [-0.1, -0.05) is 152 Å². The van der Waals surface area contributed by atoms with Crippen molar-refractivity contribution in [3.63, 3.8) is 0 Å². The van der Waals surface area contributed by atoms with Crippen molar-refractivity contribution in [3.8, 4) is 45.3 Å². The first kappa shape index (κ1) is 31.6. The molecule has 8 aromatic carbocycles. The van der Waals surface area contributed by atoms with Gasteiger partial charge in [0, 0.05) is 55.2 Å². The van der Waals surface area contributed by atoms with Gasteiger partial charge in [-0.05, 0) is 47.5 Å². The SMILES string of the molecule is c1ccc(-c2cccc(-n3c4ccccc4c4ccc5c6ccccc6n(-c6cc(-c7cccc8c7oc7ccccc78)nc(-c7ccccc7)n6)c5c43)c2)cc1. The molecule has 0 radical (unpaired) electrons. The maximum Gasteiger partial charge on any atom is 0.162 e. The summed E-state index contributed by atoms with van der Waals surface area (Å²) in [6.07, 6.45) is 0. The molecule has 0 aliphatic heterocycles. The van der Waals surface area contributed by atoms with Crippen LogP contribution in [0.15, 0.2) is 199 Å². The largest absolute Gasteiger partial charge is 0.455 e. The van der Waals surface area contributed by atoms with Gasteiger partial charge in [-0.3, -0.25) is 4.57 Å². The third kappa shape index (κ3) is 4.82. The van der Waals surface area contributed by atoms with Crippen molar-refractivity contribution in [3.05, 3.63) is 194 Å². The van der Waals surface area contributed by atoms with Crippen molar-refractivity contribution >= 4 is 65.6 Å². The first-order valence-corrected chi connectivity index (χ1v) is 19.3. The van der Waals surface area contributed by atoms with Gasteiger partial charge < -0.3 is 8.98 Å². The first-order valence-electron chi connectivity index (χ1n) is 19.3. The zero-order valence-electron chi connectivity index (χ0n) is 30.7. The van der Waals surface area contributed by atoms with E-state index in [0.717, 1.165) is 83.1 Å². The lowest BCUT2D eigenvalue weighted by Crippen LogP contribution is -2.04. The molecule has 0 saturated heterocycles. The van der Waals surface area contributed by atoms with Crippen molar-refractivity contribution in [1.82, 2.24) is 19.1 Å². The standard InChI is InChI=1S/C52H32N4O/c1-3-15-33(16-4-1)35-19-13-20-36(31-35)55-45-26-10-7-21-37(45)40-29-30-41-38-22-8-11-27-46(38)56(50(41)49(40)55)48-32-44(53-52(54-48)34-17-5-2-6-18-34)43-25-14-24-42-39-23-9-12-28-47(39)57-51(42)43/h1-32H. The topological polar surface area (TPSA) is 48.8 Å². The van der Waals surface area contributed by atoms with E-state index in [4.69, 9.17) is 14.4 Å². The highest BCUT2D eigenvalue weighted by Crippen LogP contribution is 2.43. The molecule has 0 bridgehead atoms. The van der Waals surface area contributed by atoms with Crippen LogP contribution >= 0.6 is 0 Å². The molecule has 12 aromatic rings. The number of furan rings is 1. The Bertz CT molecular complexity index is 3520. The van der Waals surface area contributed by atoms with Crippen LogP contribution in [0, 0.1) is 0 Å². The molecule has 0 aliphatic carbocycles. The molecule has 0 atom stereocenters. The summed E-state index contributed by atoms with van der Waals surface area (Å²) in [5.41, 5.74) is 12.2. The van der Waals surface area contributed by atoms with Crippen LogP contribution in [0.1, 0.15) is 0 Å². The molecule has 0 fully saturated rings. The third-order valence-corrected chi connectivity index (χ3v) is 11.3. The molecule has 0 aliphatic rings. The summed E-state index contributed by atoms with van der Waals surface area (Å²) in [5.74, 6) is 1.42. The second-order valence-electron chi connectivity index (χ2n) is 14.6. The average Bonchev–Trinajstić information content (AvgIpc) is 3.95. The zero-order chi connectivity index (χ0) is 37.5. The lowest BCUT2D eigenvalue weighted by Gasteiger charge is -2.15. The Morgan fingerprint density at radius 3 is 1.72 bits per heavy atom. The molecule has 0 saturated carbocycles. The van der Waals surface area contributed by atoms with Crippen LogP contribution in [0.3, 0.4) is 0 Å². The van der Waals surface area contributed by atoms with Gasteiger partial charge >= 0.3 is 0 Å². The van der Waals surface area contributed by atoms with Gasteiger partial charge in [0.25, 0.3) is 0 Å². The summed E-state index contributed by atoms with van der Waals surface area (Å²) in [7, 11) is 0. The minimum atomic E-state index is 0.644. The molecular formula is C52H32N4O. The van der Waals surface area contributed by atoms with Crippen LogP contribution in [0.25, 0.3) is 111 Å². The van der Waals surface area contributed by atoms with Crippen molar-refractivity contribution in [2.45, 2.75) is 0 Å².